The van der Waals surface area contributed by atoms with Gasteiger partial charge in [0.15, 0.2) is 0 Å². The predicted octanol–water partition coefficient (Wildman–Crippen LogP) is 2.89. The second-order valence-electron chi connectivity index (χ2n) is 4.99. The molecule has 0 fully saturated rings. The lowest BCUT2D eigenvalue weighted by atomic mass is 10.1. The predicted molar refractivity (Wildman–Crippen MR) is 87.2 cm³/mol. The molecule has 1 aromatic rings. The summed E-state index contributed by atoms with van der Waals surface area (Å²) in [5, 5.41) is 13.3. The molecule has 0 aliphatic heterocycles. The maximum absolute atomic E-state index is 11.7. The highest BCUT2D eigenvalue weighted by Gasteiger charge is 2.19. The monoisotopic (exact) mass is 313 g/mol. The second-order valence-corrected chi connectivity index (χ2v) is 6.26. The van der Waals surface area contributed by atoms with E-state index in [-0.39, 0.29) is 12.5 Å². The average Bonchev–Trinajstić information content (AvgIpc) is 2.38. The summed E-state index contributed by atoms with van der Waals surface area (Å²) in [6.45, 7) is 3.86. The van der Waals surface area contributed by atoms with E-state index >= 15 is 0 Å². The highest BCUT2D eigenvalue weighted by molar-refractivity contribution is 7.98. The van der Waals surface area contributed by atoms with Gasteiger partial charge in [0.1, 0.15) is 0 Å². The van der Waals surface area contributed by atoms with Crippen LogP contribution in [0.15, 0.2) is 24.3 Å². The minimum atomic E-state index is -0.893. The number of aliphatic hydroxyl groups is 1. The van der Waals surface area contributed by atoms with E-state index in [4.69, 9.17) is 11.6 Å². The third kappa shape index (κ3) is 5.99. The van der Waals surface area contributed by atoms with Gasteiger partial charge in [-0.1, -0.05) is 23.7 Å². The van der Waals surface area contributed by atoms with Gasteiger partial charge in [-0.05, 0) is 43.4 Å². The van der Waals surface area contributed by atoms with Gasteiger partial charge in [-0.25, -0.2) is 0 Å². The molecule has 0 heterocycles. The van der Waals surface area contributed by atoms with Crippen LogP contribution in [0.1, 0.15) is 18.1 Å². The van der Waals surface area contributed by atoms with Crippen molar-refractivity contribution in [2.75, 3.05) is 18.6 Å². The van der Waals surface area contributed by atoms with Gasteiger partial charge in [0.25, 0.3) is 0 Å². The molecule has 1 atom stereocenters. The van der Waals surface area contributed by atoms with Gasteiger partial charge in [-0.15, -0.1) is 0 Å². The number of rotatable bonds is 6. The minimum Gasteiger partial charge on any atom is -0.387 e. The Balaban J connectivity index is 2.53. The first kappa shape index (κ1) is 17.1. The van der Waals surface area contributed by atoms with Gasteiger partial charge in [0.2, 0.25) is 5.91 Å². The van der Waals surface area contributed by atoms with Gasteiger partial charge >= 0.3 is 0 Å². The lowest BCUT2D eigenvalue weighted by Crippen LogP contribution is -2.41. The van der Waals surface area contributed by atoms with E-state index in [1.807, 2.05) is 31.4 Å². The average molecular weight is 314 g/mol. The van der Waals surface area contributed by atoms with Crippen molar-refractivity contribution in [3.05, 3.63) is 40.4 Å². The molecule has 2 N–H and O–H groups in total. The van der Waals surface area contributed by atoms with E-state index in [1.54, 1.807) is 13.0 Å². The molecular formula is C15H20ClNO2S. The first-order valence-corrected chi connectivity index (χ1v) is 8.04. The molecule has 5 heteroatoms. The zero-order chi connectivity index (χ0) is 15.2. The largest absolute Gasteiger partial charge is 0.387 e. The Morgan fingerprint density at radius 3 is 2.85 bits per heavy atom. The maximum atomic E-state index is 11.7. The van der Waals surface area contributed by atoms with Crippen molar-refractivity contribution in [3.8, 4) is 0 Å². The summed E-state index contributed by atoms with van der Waals surface area (Å²) in [4.78, 5) is 11.7. The summed E-state index contributed by atoms with van der Waals surface area (Å²) >= 11 is 7.55. The Labute approximate surface area is 129 Å². The van der Waals surface area contributed by atoms with Crippen LogP contribution in [0.25, 0.3) is 6.08 Å². The number of carbonyl (C=O) groups excluding carboxylic acids is 1. The summed E-state index contributed by atoms with van der Waals surface area (Å²) in [5.41, 5.74) is 0.976. The fourth-order valence-electron chi connectivity index (χ4n) is 1.58. The molecular weight excluding hydrogens is 294 g/mol. The minimum absolute atomic E-state index is 0.228. The molecule has 1 aromatic carbocycles. The number of benzene rings is 1. The molecule has 3 nitrogen and oxygen atoms in total. The van der Waals surface area contributed by atoms with Gasteiger partial charge in [-0.3, -0.25) is 4.79 Å². The first-order chi connectivity index (χ1) is 9.34. The normalized spacial score (nSPS) is 14.2. The van der Waals surface area contributed by atoms with Crippen molar-refractivity contribution in [3.63, 3.8) is 0 Å². The number of nitrogens with one attached hydrogen (secondary N) is 1. The zero-order valence-corrected chi connectivity index (χ0v) is 13.5. The number of carbonyl (C=O) groups is 1. The fraction of sp³-hybridized carbons (Fsp3) is 0.400. The van der Waals surface area contributed by atoms with Crippen LogP contribution in [0, 0.1) is 6.92 Å². The van der Waals surface area contributed by atoms with Crippen LogP contribution >= 0.6 is 23.4 Å². The van der Waals surface area contributed by atoms with Gasteiger partial charge in [0.05, 0.1) is 5.60 Å². The summed E-state index contributed by atoms with van der Waals surface area (Å²) in [5.74, 6) is 0.341. The molecule has 1 unspecified atom stereocenters. The fourth-order valence-corrected chi connectivity index (χ4v) is 2.50. The third-order valence-electron chi connectivity index (χ3n) is 2.72. The van der Waals surface area contributed by atoms with Gasteiger partial charge < -0.3 is 10.4 Å². The van der Waals surface area contributed by atoms with E-state index in [9.17, 15) is 9.90 Å². The zero-order valence-electron chi connectivity index (χ0n) is 11.9. The van der Waals surface area contributed by atoms with Crippen LogP contribution < -0.4 is 5.32 Å². The number of hydrogen-bond acceptors (Lipinski definition) is 3. The van der Waals surface area contributed by atoms with E-state index in [0.717, 1.165) is 11.1 Å². The van der Waals surface area contributed by atoms with Crippen molar-refractivity contribution in [2.24, 2.45) is 0 Å². The van der Waals surface area contributed by atoms with E-state index in [2.05, 4.69) is 5.32 Å². The van der Waals surface area contributed by atoms with Crippen molar-refractivity contribution in [1.82, 2.24) is 5.32 Å². The first-order valence-electron chi connectivity index (χ1n) is 6.27. The molecule has 0 saturated heterocycles. The van der Waals surface area contributed by atoms with Crippen LogP contribution in [-0.4, -0.2) is 35.2 Å². The summed E-state index contributed by atoms with van der Waals surface area (Å²) in [7, 11) is 0. The van der Waals surface area contributed by atoms with Gasteiger partial charge in [0, 0.05) is 23.4 Å². The van der Waals surface area contributed by atoms with Crippen molar-refractivity contribution < 1.29 is 9.90 Å². The van der Waals surface area contributed by atoms with Crippen LogP contribution in [0.5, 0.6) is 0 Å². The standard InChI is InChI=1S/C15H20ClNO2S/c1-11-4-5-12(8-13(11)16)6-7-14(18)17-9-15(2,19)10-20-3/h4-8,19H,9-10H2,1-3H3,(H,17,18). The van der Waals surface area contributed by atoms with Crippen LogP contribution in [-0.2, 0) is 4.79 Å². The second kappa shape index (κ2) is 7.72. The van der Waals surface area contributed by atoms with E-state index in [1.165, 1.54) is 17.8 Å². The Kier molecular flexibility index (Phi) is 6.59. The molecule has 0 aromatic heterocycles. The highest BCUT2D eigenvalue weighted by Crippen LogP contribution is 2.17. The molecule has 1 amide bonds. The molecule has 0 aliphatic rings. The Morgan fingerprint density at radius 2 is 2.25 bits per heavy atom. The Bertz CT molecular complexity index is 501. The number of halogens is 1. The molecule has 110 valence electrons. The molecule has 0 saturated carbocycles. The Morgan fingerprint density at radius 1 is 1.55 bits per heavy atom. The van der Waals surface area contributed by atoms with Crippen molar-refractivity contribution in [2.45, 2.75) is 19.4 Å². The smallest absolute Gasteiger partial charge is 0.244 e. The van der Waals surface area contributed by atoms with E-state index < -0.39 is 5.60 Å². The molecule has 0 aliphatic carbocycles. The molecule has 0 bridgehead atoms. The topological polar surface area (TPSA) is 49.3 Å². The summed E-state index contributed by atoms with van der Waals surface area (Å²) < 4.78 is 0. The number of amides is 1. The van der Waals surface area contributed by atoms with Crippen LogP contribution in [0.3, 0.4) is 0 Å². The molecule has 20 heavy (non-hydrogen) atoms. The molecule has 0 radical (unpaired) electrons. The summed E-state index contributed by atoms with van der Waals surface area (Å²) in [6, 6.07) is 5.61. The lowest BCUT2D eigenvalue weighted by molar-refractivity contribution is -0.117. The SMILES string of the molecule is CSCC(C)(O)CNC(=O)C=Cc1ccc(C)c(Cl)c1. The van der Waals surface area contributed by atoms with Crippen LogP contribution in [0.2, 0.25) is 5.02 Å². The Hall–Kier alpha value is -0.970. The lowest BCUT2D eigenvalue weighted by Gasteiger charge is -2.21. The van der Waals surface area contributed by atoms with Crippen molar-refractivity contribution in [1.29, 1.82) is 0 Å². The third-order valence-corrected chi connectivity index (χ3v) is 4.04. The molecule has 1 rings (SSSR count). The highest BCUT2D eigenvalue weighted by atomic mass is 35.5. The van der Waals surface area contributed by atoms with Crippen LogP contribution in [0.4, 0.5) is 0 Å². The van der Waals surface area contributed by atoms with Gasteiger partial charge in [-0.2, -0.15) is 11.8 Å². The quantitative estimate of drug-likeness (QED) is 0.794. The maximum Gasteiger partial charge on any atom is 0.244 e. The number of aryl methyl sites for hydroxylation is 1. The van der Waals surface area contributed by atoms with Crippen molar-refractivity contribution >= 4 is 35.3 Å². The number of thioether (sulfide) groups is 1. The molecule has 0 spiro atoms. The summed E-state index contributed by atoms with van der Waals surface area (Å²) in [6.07, 6.45) is 5.05. The van der Waals surface area contributed by atoms with E-state index in [0.29, 0.717) is 10.8 Å². The number of hydrogen-bond donors (Lipinski definition) is 2.